The molecule has 2 rings (SSSR count). The summed E-state index contributed by atoms with van der Waals surface area (Å²) in [5.41, 5.74) is 1.48. The molecule has 2 aromatic rings. The topological polar surface area (TPSA) is 81.4 Å². The monoisotopic (exact) mass is 330 g/mol. The Balaban J connectivity index is 1.99. The molecule has 2 heterocycles. The van der Waals surface area contributed by atoms with Crippen LogP contribution in [0.15, 0.2) is 26.2 Å². The van der Waals surface area contributed by atoms with Crippen LogP contribution < -0.4 is 4.72 Å². The molecule has 0 aliphatic carbocycles. The van der Waals surface area contributed by atoms with E-state index in [1.807, 2.05) is 13.8 Å². The number of nitrogens with zero attached hydrogens (tertiary/aromatic N) is 1. The van der Waals surface area contributed by atoms with Crippen LogP contribution in [0, 0.1) is 6.92 Å². The van der Waals surface area contributed by atoms with Gasteiger partial charge >= 0.3 is 0 Å². The van der Waals surface area contributed by atoms with Crippen LogP contribution in [0.4, 0.5) is 0 Å². The Morgan fingerprint density at radius 2 is 2.24 bits per heavy atom. The summed E-state index contributed by atoms with van der Waals surface area (Å²) < 4.78 is 37.4. The second-order valence-electron chi connectivity index (χ2n) is 4.44. The molecule has 8 heteroatoms. The van der Waals surface area contributed by atoms with Gasteiger partial charge in [-0.2, -0.15) is 0 Å². The van der Waals surface area contributed by atoms with Crippen LogP contribution in [0.5, 0.6) is 0 Å². The average molecular weight is 330 g/mol. The Labute approximate surface area is 128 Å². The molecule has 0 radical (unpaired) electrons. The molecule has 0 saturated heterocycles. The summed E-state index contributed by atoms with van der Waals surface area (Å²) in [7, 11) is -3.48. The van der Waals surface area contributed by atoms with Crippen molar-refractivity contribution in [3.8, 4) is 11.3 Å². The maximum absolute atomic E-state index is 12.1. The number of ether oxygens (including phenoxy) is 1. The van der Waals surface area contributed by atoms with Crippen LogP contribution in [0.2, 0.25) is 0 Å². The second kappa shape index (κ2) is 7.17. The number of hydrogen-bond acceptors (Lipinski definition) is 6. The van der Waals surface area contributed by atoms with Crippen LogP contribution in [0.25, 0.3) is 11.3 Å². The zero-order valence-corrected chi connectivity index (χ0v) is 13.6. The van der Waals surface area contributed by atoms with Gasteiger partial charge in [-0.15, -0.1) is 11.3 Å². The minimum atomic E-state index is -3.48. The molecule has 116 valence electrons. The molecule has 0 unspecified atom stereocenters. The molecule has 0 aromatic carbocycles. The summed E-state index contributed by atoms with van der Waals surface area (Å²) in [6.07, 6.45) is 0.645. The van der Waals surface area contributed by atoms with Crippen LogP contribution in [0.1, 0.15) is 19.0 Å². The molecule has 0 atom stereocenters. The number of thiophene rings is 1. The van der Waals surface area contributed by atoms with E-state index in [-0.39, 0.29) is 4.21 Å². The van der Waals surface area contributed by atoms with E-state index in [0.29, 0.717) is 31.9 Å². The molecule has 0 aliphatic heterocycles. The number of hydrogen-bond donors (Lipinski definition) is 1. The van der Waals surface area contributed by atoms with Crippen molar-refractivity contribution in [3.63, 3.8) is 0 Å². The number of rotatable bonds is 8. The van der Waals surface area contributed by atoms with E-state index in [4.69, 9.17) is 9.26 Å². The van der Waals surface area contributed by atoms with Crippen molar-refractivity contribution in [2.45, 2.75) is 24.5 Å². The van der Waals surface area contributed by atoms with E-state index in [0.717, 1.165) is 22.6 Å². The molecular formula is C13H18N2O4S2. The summed E-state index contributed by atoms with van der Waals surface area (Å²) in [6, 6.07) is 3.36. The van der Waals surface area contributed by atoms with Crippen LogP contribution >= 0.6 is 11.3 Å². The summed E-state index contributed by atoms with van der Waals surface area (Å²) in [5.74, 6) is 0.571. The fourth-order valence-electron chi connectivity index (χ4n) is 1.68. The van der Waals surface area contributed by atoms with Crippen LogP contribution in [-0.4, -0.2) is 33.3 Å². The van der Waals surface area contributed by atoms with Gasteiger partial charge in [0.05, 0.1) is 5.69 Å². The van der Waals surface area contributed by atoms with E-state index in [2.05, 4.69) is 9.88 Å². The Morgan fingerprint density at radius 3 is 2.90 bits per heavy atom. The van der Waals surface area contributed by atoms with Crippen molar-refractivity contribution < 1.29 is 17.7 Å². The molecule has 0 fully saturated rings. The van der Waals surface area contributed by atoms with Gasteiger partial charge in [-0.3, -0.25) is 0 Å². The summed E-state index contributed by atoms with van der Waals surface area (Å²) in [4.78, 5) is 0. The Morgan fingerprint density at radius 1 is 1.43 bits per heavy atom. The molecule has 0 spiro atoms. The molecule has 0 saturated carbocycles. The van der Waals surface area contributed by atoms with Gasteiger partial charge in [0, 0.05) is 36.8 Å². The third kappa shape index (κ3) is 4.37. The summed E-state index contributed by atoms with van der Waals surface area (Å²) in [5, 5.41) is 5.54. The van der Waals surface area contributed by atoms with Gasteiger partial charge in [0.2, 0.25) is 10.0 Å². The lowest BCUT2D eigenvalue weighted by Crippen LogP contribution is -2.24. The predicted octanol–water partition coefficient (Wildman–Crippen LogP) is 2.42. The normalized spacial score (nSPS) is 11.9. The molecule has 6 nitrogen and oxygen atoms in total. The second-order valence-corrected chi connectivity index (χ2v) is 7.34. The highest BCUT2D eigenvalue weighted by Crippen LogP contribution is 2.28. The zero-order chi connectivity index (χ0) is 15.3. The lowest BCUT2D eigenvalue weighted by molar-refractivity contribution is 0.146. The quantitative estimate of drug-likeness (QED) is 0.752. The first-order chi connectivity index (χ1) is 10.0. The molecule has 0 bridgehead atoms. The number of aryl methyl sites for hydroxylation is 1. The maximum atomic E-state index is 12.1. The smallest absolute Gasteiger partial charge is 0.250 e. The third-order valence-electron chi connectivity index (χ3n) is 2.71. The molecule has 0 amide bonds. The summed E-state index contributed by atoms with van der Waals surface area (Å²) >= 11 is 1.16. The third-order valence-corrected chi connectivity index (χ3v) is 5.61. The first kappa shape index (κ1) is 16.2. The van der Waals surface area contributed by atoms with Crippen molar-refractivity contribution in [3.05, 3.63) is 23.2 Å². The molecule has 21 heavy (non-hydrogen) atoms. The lowest BCUT2D eigenvalue weighted by Gasteiger charge is -2.04. The van der Waals surface area contributed by atoms with Gasteiger partial charge in [-0.05, 0) is 26.3 Å². The van der Waals surface area contributed by atoms with Gasteiger partial charge in [-0.1, -0.05) is 5.16 Å². The van der Waals surface area contributed by atoms with Crippen molar-refractivity contribution in [1.29, 1.82) is 0 Å². The van der Waals surface area contributed by atoms with E-state index in [1.165, 1.54) is 0 Å². The molecular weight excluding hydrogens is 312 g/mol. The Kier molecular flexibility index (Phi) is 5.51. The Bertz CT molecular complexity index is 676. The van der Waals surface area contributed by atoms with Gasteiger partial charge in [0.25, 0.3) is 0 Å². The minimum Gasteiger partial charge on any atom is -0.382 e. The highest BCUT2D eigenvalue weighted by atomic mass is 32.2. The first-order valence-corrected chi connectivity index (χ1v) is 8.99. The van der Waals surface area contributed by atoms with Crippen LogP contribution in [0.3, 0.4) is 0 Å². The standard InChI is InChI=1S/C13H18N2O4S2/c1-3-18-6-4-5-14-21(16,17)13-8-11(9-20-13)12-7-10(2)15-19-12/h7-9,14H,3-6H2,1-2H3. The SMILES string of the molecule is CCOCCCNS(=O)(=O)c1cc(-c2cc(C)no2)cs1. The first-order valence-electron chi connectivity index (χ1n) is 6.62. The minimum absolute atomic E-state index is 0.267. The van der Waals surface area contributed by atoms with E-state index in [1.54, 1.807) is 17.5 Å². The van der Waals surface area contributed by atoms with Gasteiger partial charge in [0.1, 0.15) is 4.21 Å². The largest absolute Gasteiger partial charge is 0.382 e. The van der Waals surface area contributed by atoms with Crippen molar-refractivity contribution >= 4 is 21.4 Å². The number of nitrogens with one attached hydrogen (secondary N) is 1. The van der Waals surface area contributed by atoms with Gasteiger partial charge in [-0.25, -0.2) is 13.1 Å². The van der Waals surface area contributed by atoms with Crippen molar-refractivity contribution in [2.75, 3.05) is 19.8 Å². The number of aromatic nitrogens is 1. The van der Waals surface area contributed by atoms with Gasteiger partial charge < -0.3 is 9.26 Å². The van der Waals surface area contributed by atoms with E-state index >= 15 is 0 Å². The highest BCUT2D eigenvalue weighted by molar-refractivity contribution is 7.91. The Hall–Kier alpha value is -1.22. The van der Waals surface area contributed by atoms with Crippen molar-refractivity contribution in [2.24, 2.45) is 0 Å². The van der Waals surface area contributed by atoms with Crippen LogP contribution in [-0.2, 0) is 14.8 Å². The molecule has 0 aliphatic rings. The zero-order valence-electron chi connectivity index (χ0n) is 12.0. The molecule has 2 aromatic heterocycles. The number of sulfonamides is 1. The molecule has 1 N–H and O–H groups in total. The predicted molar refractivity (Wildman–Crippen MR) is 80.9 cm³/mol. The van der Waals surface area contributed by atoms with E-state index in [9.17, 15) is 8.42 Å². The fourth-order valence-corrected chi connectivity index (χ4v) is 3.97. The maximum Gasteiger partial charge on any atom is 0.250 e. The van der Waals surface area contributed by atoms with Crippen molar-refractivity contribution in [1.82, 2.24) is 9.88 Å². The highest BCUT2D eigenvalue weighted by Gasteiger charge is 2.18. The fraction of sp³-hybridized carbons (Fsp3) is 0.462. The summed E-state index contributed by atoms with van der Waals surface area (Å²) in [6.45, 7) is 5.26. The lowest BCUT2D eigenvalue weighted by atomic mass is 10.2. The average Bonchev–Trinajstić information content (AvgIpc) is 3.07. The van der Waals surface area contributed by atoms with Gasteiger partial charge in [0.15, 0.2) is 5.76 Å². The van der Waals surface area contributed by atoms with E-state index < -0.39 is 10.0 Å².